The summed E-state index contributed by atoms with van der Waals surface area (Å²) in [4.78, 5) is 0.559. The maximum Gasteiger partial charge on any atom is 0.207 e. The summed E-state index contributed by atoms with van der Waals surface area (Å²) < 4.78 is 70.5. The van der Waals surface area contributed by atoms with Crippen molar-refractivity contribution in [1.82, 2.24) is 0 Å². The van der Waals surface area contributed by atoms with Crippen LogP contribution in [-0.4, -0.2) is 0 Å². The van der Waals surface area contributed by atoms with Crippen LogP contribution in [0, 0.1) is 29.1 Å². The lowest BCUT2D eigenvalue weighted by Crippen LogP contribution is -2.06. The Hall–Kier alpha value is -1.15. The molecule has 0 bridgehead atoms. The molecule has 1 nitrogen and oxygen atoms in total. The van der Waals surface area contributed by atoms with E-state index in [1.807, 2.05) is 0 Å². The van der Waals surface area contributed by atoms with E-state index in [9.17, 15) is 22.0 Å². The fraction of sp³-hybridized carbons (Fsp3) is 0.0909. The SMILES string of the molecule is Fc1c(F)c(F)c(OCc2sccc2Br)c(F)c1F. The molecule has 0 spiro atoms. The average Bonchev–Trinajstić information content (AvgIpc) is 2.80. The lowest BCUT2D eigenvalue weighted by atomic mass is 10.2. The van der Waals surface area contributed by atoms with Crippen molar-refractivity contribution in [3.05, 3.63) is 49.9 Å². The first-order valence-corrected chi connectivity index (χ1v) is 6.46. The Bertz CT molecular complexity index is 599. The number of halogens is 6. The molecular formula is C11H4BrF5OS. The second kappa shape index (κ2) is 5.46. The molecule has 0 aliphatic carbocycles. The molecule has 0 atom stereocenters. The maximum absolute atomic E-state index is 13.3. The summed E-state index contributed by atoms with van der Waals surface area (Å²) in [5.41, 5.74) is 0. The van der Waals surface area contributed by atoms with Crippen LogP contribution in [0.2, 0.25) is 0 Å². The maximum atomic E-state index is 13.3. The van der Waals surface area contributed by atoms with E-state index in [4.69, 9.17) is 4.74 Å². The lowest BCUT2D eigenvalue weighted by Gasteiger charge is -2.09. The molecule has 2 aromatic rings. The summed E-state index contributed by atoms with van der Waals surface area (Å²) in [6.45, 7) is -0.309. The first-order chi connectivity index (χ1) is 8.93. The Labute approximate surface area is 116 Å². The Kier molecular flexibility index (Phi) is 4.10. The molecule has 0 radical (unpaired) electrons. The van der Waals surface area contributed by atoms with Crippen molar-refractivity contribution in [2.45, 2.75) is 6.61 Å². The van der Waals surface area contributed by atoms with Crippen molar-refractivity contribution < 1.29 is 26.7 Å². The van der Waals surface area contributed by atoms with E-state index in [0.717, 1.165) is 0 Å². The Morgan fingerprint density at radius 3 is 1.95 bits per heavy atom. The van der Waals surface area contributed by atoms with Gasteiger partial charge in [-0.15, -0.1) is 11.3 Å². The normalized spacial score (nSPS) is 10.8. The van der Waals surface area contributed by atoms with Gasteiger partial charge in [0, 0.05) is 4.47 Å². The van der Waals surface area contributed by atoms with Gasteiger partial charge in [0.15, 0.2) is 5.75 Å². The molecule has 1 aromatic heterocycles. The fourth-order valence-electron chi connectivity index (χ4n) is 1.28. The first-order valence-electron chi connectivity index (χ1n) is 4.79. The van der Waals surface area contributed by atoms with E-state index in [1.54, 1.807) is 11.4 Å². The highest BCUT2D eigenvalue weighted by molar-refractivity contribution is 9.10. The Balaban J connectivity index is 2.33. The van der Waals surface area contributed by atoms with Crippen molar-refractivity contribution in [1.29, 1.82) is 0 Å². The van der Waals surface area contributed by atoms with Gasteiger partial charge in [0.25, 0.3) is 0 Å². The van der Waals surface area contributed by atoms with Gasteiger partial charge in [0.1, 0.15) is 6.61 Å². The zero-order valence-electron chi connectivity index (χ0n) is 8.95. The van der Waals surface area contributed by atoms with Crippen LogP contribution in [0.25, 0.3) is 0 Å². The average molecular weight is 359 g/mol. The van der Waals surface area contributed by atoms with E-state index in [-0.39, 0.29) is 6.61 Å². The zero-order chi connectivity index (χ0) is 14.2. The second-order valence-corrected chi connectivity index (χ2v) is 5.23. The van der Waals surface area contributed by atoms with Crippen LogP contribution >= 0.6 is 27.3 Å². The minimum Gasteiger partial charge on any atom is -0.482 e. The number of hydrogen-bond donors (Lipinski definition) is 0. The van der Waals surface area contributed by atoms with Crippen molar-refractivity contribution in [2.75, 3.05) is 0 Å². The highest BCUT2D eigenvalue weighted by Gasteiger charge is 2.27. The number of rotatable bonds is 3. The van der Waals surface area contributed by atoms with Crippen LogP contribution in [-0.2, 0) is 6.61 Å². The molecule has 0 fully saturated rings. The molecule has 102 valence electrons. The van der Waals surface area contributed by atoms with Gasteiger partial charge in [-0.3, -0.25) is 0 Å². The van der Waals surface area contributed by atoms with Crippen LogP contribution in [0.3, 0.4) is 0 Å². The third kappa shape index (κ3) is 2.59. The fourth-order valence-corrected chi connectivity index (χ4v) is 2.66. The third-order valence-electron chi connectivity index (χ3n) is 2.21. The van der Waals surface area contributed by atoms with E-state index >= 15 is 0 Å². The van der Waals surface area contributed by atoms with Crippen LogP contribution in [0.4, 0.5) is 22.0 Å². The highest BCUT2D eigenvalue weighted by Crippen LogP contribution is 2.31. The van der Waals surface area contributed by atoms with Gasteiger partial charge in [0.05, 0.1) is 4.88 Å². The summed E-state index contributed by atoms with van der Waals surface area (Å²) in [5.74, 6) is -11.5. The monoisotopic (exact) mass is 358 g/mol. The second-order valence-electron chi connectivity index (χ2n) is 3.38. The summed E-state index contributed by atoms with van der Waals surface area (Å²) >= 11 is 4.37. The first kappa shape index (κ1) is 14.3. The van der Waals surface area contributed by atoms with Gasteiger partial charge in [-0.1, -0.05) is 0 Å². The van der Waals surface area contributed by atoms with Crippen molar-refractivity contribution in [2.24, 2.45) is 0 Å². The van der Waals surface area contributed by atoms with E-state index < -0.39 is 34.8 Å². The standard InChI is InChI=1S/C11H4BrF5OS/c12-4-1-2-19-5(4)3-18-11-9(16)7(14)6(13)8(15)10(11)17/h1-2H,3H2. The highest BCUT2D eigenvalue weighted by atomic mass is 79.9. The van der Waals surface area contributed by atoms with Gasteiger partial charge >= 0.3 is 0 Å². The Morgan fingerprint density at radius 2 is 1.47 bits per heavy atom. The molecule has 2 rings (SSSR count). The number of thiophene rings is 1. The molecule has 19 heavy (non-hydrogen) atoms. The molecular weight excluding hydrogens is 355 g/mol. The van der Waals surface area contributed by atoms with Crippen LogP contribution in [0.5, 0.6) is 5.75 Å². The zero-order valence-corrected chi connectivity index (χ0v) is 11.3. The molecule has 8 heteroatoms. The summed E-state index contributed by atoms with van der Waals surface area (Å²) in [6, 6.07) is 1.67. The summed E-state index contributed by atoms with van der Waals surface area (Å²) in [7, 11) is 0. The van der Waals surface area contributed by atoms with E-state index in [2.05, 4.69) is 15.9 Å². The Morgan fingerprint density at radius 1 is 0.947 bits per heavy atom. The predicted molar refractivity (Wildman–Crippen MR) is 62.6 cm³/mol. The minimum absolute atomic E-state index is 0.309. The molecule has 1 heterocycles. The minimum atomic E-state index is -2.21. The smallest absolute Gasteiger partial charge is 0.207 e. The number of benzene rings is 1. The van der Waals surface area contributed by atoms with Crippen molar-refractivity contribution in [3.63, 3.8) is 0 Å². The molecule has 0 amide bonds. The largest absolute Gasteiger partial charge is 0.482 e. The van der Waals surface area contributed by atoms with Gasteiger partial charge in [0.2, 0.25) is 29.1 Å². The topological polar surface area (TPSA) is 9.23 Å². The molecule has 1 aromatic carbocycles. The summed E-state index contributed by atoms with van der Waals surface area (Å²) in [5, 5.41) is 1.68. The van der Waals surface area contributed by atoms with Crippen LogP contribution in [0.1, 0.15) is 4.88 Å². The van der Waals surface area contributed by atoms with E-state index in [1.165, 1.54) is 11.3 Å². The summed E-state index contributed by atoms with van der Waals surface area (Å²) in [6.07, 6.45) is 0. The molecule has 0 N–H and O–H groups in total. The third-order valence-corrected chi connectivity index (χ3v) is 4.11. The number of hydrogen-bond acceptors (Lipinski definition) is 2. The predicted octanol–water partition coefficient (Wildman–Crippen LogP) is 4.79. The van der Waals surface area contributed by atoms with Gasteiger partial charge in [-0.05, 0) is 27.4 Å². The molecule has 0 aliphatic heterocycles. The van der Waals surface area contributed by atoms with Crippen molar-refractivity contribution in [3.8, 4) is 5.75 Å². The van der Waals surface area contributed by atoms with Crippen LogP contribution < -0.4 is 4.74 Å². The molecule has 0 unspecified atom stereocenters. The quantitative estimate of drug-likeness (QED) is 0.435. The van der Waals surface area contributed by atoms with Gasteiger partial charge < -0.3 is 4.74 Å². The van der Waals surface area contributed by atoms with Crippen LogP contribution in [0.15, 0.2) is 15.9 Å². The number of ether oxygens (including phenoxy) is 1. The van der Waals surface area contributed by atoms with Gasteiger partial charge in [-0.25, -0.2) is 13.2 Å². The molecule has 0 aliphatic rings. The van der Waals surface area contributed by atoms with E-state index in [0.29, 0.717) is 9.35 Å². The lowest BCUT2D eigenvalue weighted by molar-refractivity contribution is 0.255. The molecule has 0 saturated heterocycles. The molecule has 0 saturated carbocycles. The van der Waals surface area contributed by atoms with Crippen molar-refractivity contribution >= 4 is 27.3 Å². The van der Waals surface area contributed by atoms with Gasteiger partial charge in [-0.2, -0.15) is 8.78 Å².